The Hall–Kier alpha value is -3.09. The molecule has 0 spiro atoms. The van der Waals surface area contributed by atoms with Gasteiger partial charge in [-0.15, -0.1) is 0 Å². The van der Waals surface area contributed by atoms with Crippen LogP contribution < -0.4 is 4.74 Å². The first kappa shape index (κ1) is 26.2. The van der Waals surface area contributed by atoms with Crippen LogP contribution in [0.2, 0.25) is 0 Å². The lowest BCUT2D eigenvalue weighted by molar-refractivity contribution is -0.185. The molecule has 0 heterocycles. The van der Waals surface area contributed by atoms with E-state index in [1.54, 1.807) is 14.0 Å². The maximum absolute atomic E-state index is 12.6. The number of carboxylic acid groups (broad SMARTS) is 1. The number of esters is 2. The standard InChI is InChI=1S/C26H34O7/c1-16(2)12-19(13-24(27)28)6-11-25(29)32-18(4)33-26(30)17(3)20-7-8-22-15-23(31-5)10-9-21(22)14-20/h7-10,14-19H,6,11-13H2,1-5H3,(H,27,28)/t17-,18-,19-/m0/s1. The Morgan fingerprint density at radius 1 is 0.939 bits per heavy atom. The van der Waals surface area contributed by atoms with Crippen molar-refractivity contribution in [3.05, 3.63) is 42.0 Å². The smallest absolute Gasteiger partial charge is 0.316 e. The van der Waals surface area contributed by atoms with Crippen molar-refractivity contribution in [3.63, 3.8) is 0 Å². The highest BCUT2D eigenvalue weighted by molar-refractivity contribution is 5.86. The number of aliphatic carboxylic acids is 1. The summed E-state index contributed by atoms with van der Waals surface area (Å²) in [5.74, 6) is -1.42. The molecule has 2 rings (SSSR count). The monoisotopic (exact) mass is 458 g/mol. The first-order valence-electron chi connectivity index (χ1n) is 11.3. The molecule has 7 nitrogen and oxygen atoms in total. The van der Waals surface area contributed by atoms with Gasteiger partial charge in [-0.1, -0.05) is 38.1 Å². The second-order valence-electron chi connectivity index (χ2n) is 8.82. The predicted octanol–water partition coefficient (Wildman–Crippen LogP) is 5.30. The van der Waals surface area contributed by atoms with E-state index in [1.165, 1.54) is 6.92 Å². The molecule has 33 heavy (non-hydrogen) atoms. The molecule has 0 saturated carbocycles. The van der Waals surface area contributed by atoms with E-state index >= 15 is 0 Å². The lowest BCUT2D eigenvalue weighted by Gasteiger charge is -2.19. The average molecular weight is 459 g/mol. The van der Waals surface area contributed by atoms with E-state index in [0.29, 0.717) is 12.3 Å². The molecule has 7 heteroatoms. The number of ether oxygens (including phenoxy) is 3. The summed E-state index contributed by atoms with van der Waals surface area (Å²) in [7, 11) is 1.61. The van der Waals surface area contributed by atoms with Crippen LogP contribution in [0.3, 0.4) is 0 Å². The Balaban J connectivity index is 1.89. The third kappa shape index (κ3) is 8.40. The fourth-order valence-electron chi connectivity index (χ4n) is 3.85. The van der Waals surface area contributed by atoms with Gasteiger partial charge in [0, 0.05) is 19.8 Å². The minimum atomic E-state index is -1.03. The van der Waals surface area contributed by atoms with Crippen molar-refractivity contribution >= 4 is 28.7 Å². The highest BCUT2D eigenvalue weighted by Gasteiger charge is 2.22. The van der Waals surface area contributed by atoms with E-state index in [4.69, 9.17) is 19.3 Å². The minimum Gasteiger partial charge on any atom is -0.497 e. The number of rotatable bonds is 12. The second-order valence-corrected chi connectivity index (χ2v) is 8.82. The molecule has 2 aromatic carbocycles. The van der Waals surface area contributed by atoms with E-state index in [9.17, 15) is 14.4 Å². The van der Waals surface area contributed by atoms with Crippen molar-refractivity contribution < 1.29 is 33.7 Å². The molecule has 0 aliphatic heterocycles. The van der Waals surface area contributed by atoms with Gasteiger partial charge in [0.25, 0.3) is 0 Å². The first-order chi connectivity index (χ1) is 15.6. The summed E-state index contributed by atoms with van der Waals surface area (Å²) in [6.45, 7) is 7.27. The molecule has 180 valence electrons. The predicted molar refractivity (Wildman–Crippen MR) is 125 cm³/mol. The fourth-order valence-corrected chi connectivity index (χ4v) is 3.85. The highest BCUT2D eigenvalue weighted by atomic mass is 16.7. The second kappa shape index (κ2) is 12.2. The van der Waals surface area contributed by atoms with Gasteiger partial charge in [0.05, 0.1) is 13.0 Å². The molecule has 0 aliphatic rings. The Kier molecular flexibility index (Phi) is 9.70. The molecule has 0 aliphatic carbocycles. The summed E-state index contributed by atoms with van der Waals surface area (Å²) in [5, 5.41) is 11.0. The Morgan fingerprint density at radius 2 is 1.61 bits per heavy atom. The number of carboxylic acids is 1. The summed E-state index contributed by atoms with van der Waals surface area (Å²) >= 11 is 0. The van der Waals surface area contributed by atoms with Gasteiger partial charge in [0.15, 0.2) is 0 Å². The first-order valence-corrected chi connectivity index (χ1v) is 11.3. The third-order valence-corrected chi connectivity index (χ3v) is 5.53. The molecule has 0 radical (unpaired) electrons. The summed E-state index contributed by atoms with van der Waals surface area (Å²) in [6, 6.07) is 11.4. The van der Waals surface area contributed by atoms with Gasteiger partial charge in [-0.2, -0.15) is 0 Å². The number of methoxy groups -OCH3 is 1. The fraction of sp³-hybridized carbons (Fsp3) is 0.500. The SMILES string of the molecule is COc1ccc2cc([C@H](C)C(=O)O[C@@H](C)OC(=O)CC[C@H](CC(=O)O)CC(C)C)ccc2c1. The summed E-state index contributed by atoms with van der Waals surface area (Å²) in [4.78, 5) is 35.8. The summed E-state index contributed by atoms with van der Waals surface area (Å²) < 4.78 is 15.8. The Bertz CT molecular complexity index is 966. The molecular formula is C26H34O7. The lowest BCUT2D eigenvalue weighted by atomic mass is 9.90. The highest BCUT2D eigenvalue weighted by Crippen LogP contribution is 2.26. The maximum atomic E-state index is 12.6. The number of carbonyl (C=O) groups is 3. The molecular weight excluding hydrogens is 424 g/mol. The number of hydrogen-bond acceptors (Lipinski definition) is 6. The van der Waals surface area contributed by atoms with E-state index in [0.717, 1.165) is 28.5 Å². The van der Waals surface area contributed by atoms with Crippen LogP contribution in [0.1, 0.15) is 64.9 Å². The Morgan fingerprint density at radius 3 is 2.24 bits per heavy atom. The van der Waals surface area contributed by atoms with Crippen molar-refractivity contribution in [1.82, 2.24) is 0 Å². The van der Waals surface area contributed by atoms with Crippen LogP contribution in [0.5, 0.6) is 5.75 Å². The van der Waals surface area contributed by atoms with E-state index in [2.05, 4.69) is 0 Å². The molecule has 0 saturated heterocycles. The van der Waals surface area contributed by atoms with Crippen LogP contribution in [-0.2, 0) is 23.9 Å². The number of fused-ring (bicyclic) bond motifs is 1. The number of hydrogen-bond donors (Lipinski definition) is 1. The number of carbonyl (C=O) groups excluding carboxylic acids is 2. The minimum absolute atomic E-state index is 0.0199. The van der Waals surface area contributed by atoms with Gasteiger partial charge in [0.1, 0.15) is 5.75 Å². The van der Waals surface area contributed by atoms with Crippen molar-refractivity contribution in [2.45, 2.75) is 65.6 Å². The number of benzene rings is 2. The van der Waals surface area contributed by atoms with Crippen molar-refractivity contribution in [1.29, 1.82) is 0 Å². The van der Waals surface area contributed by atoms with Crippen LogP contribution in [-0.4, -0.2) is 36.4 Å². The summed E-state index contributed by atoms with van der Waals surface area (Å²) in [5.41, 5.74) is 0.793. The van der Waals surface area contributed by atoms with Crippen molar-refractivity contribution in [2.24, 2.45) is 11.8 Å². The topological polar surface area (TPSA) is 99.1 Å². The van der Waals surface area contributed by atoms with Crippen LogP contribution in [0.25, 0.3) is 10.8 Å². The van der Waals surface area contributed by atoms with Crippen LogP contribution in [0.4, 0.5) is 0 Å². The largest absolute Gasteiger partial charge is 0.497 e. The van der Waals surface area contributed by atoms with E-state index < -0.39 is 30.1 Å². The zero-order chi connectivity index (χ0) is 24.5. The van der Waals surface area contributed by atoms with Gasteiger partial charge < -0.3 is 19.3 Å². The lowest BCUT2D eigenvalue weighted by Crippen LogP contribution is -2.25. The van der Waals surface area contributed by atoms with Gasteiger partial charge in [-0.3, -0.25) is 14.4 Å². The van der Waals surface area contributed by atoms with Gasteiger partial charge in [0.2, 0.25) is 6.29 Å². The zero-order valence-corrected chi connectivity index (χ0v) is 20.0. The molecule has 0 unspecified atom stereocenters. The van der Waals surface area contributed by atoms with Gasteiger partial charge in [-0.05, 0) is 60.1 Å². The normalized spacial score (nSPS) is 13.9. The van der Waals surface area contributed by atoms with Crippen LogP contribution >= 0.6 is 0 Å². The molecule has 0 aromatic heterocycles. The molecule has 3 atom stereocenters. The van der Waals surface area contributed by atoms with Crippen molar-refractivity contribution in [2.75, 3.05) is 7.11 Å². The summed E-state index contributed by atoms with van der Waals surface area (Å²) in [6.07, 6.45) is 0.213. The molecule has 0 bridgehead atoms. The Labute approximate surface area is 195 Å². The van der Waals surface area contributed by atoms with Gasteiger partial charge in [-0.25, -0.2) is 0 Å². The molecule has 1 N–H and O–H groups in total. The van der Waals surface area contributed by atoms with Gasteiger partial charge >= 0.3 is 17.9 Å². The quantitative estimate of drug-likeness (QED) is 0.340. The zero-order valence-electron chi connectivity index (χ0n) is 20.0. The molecule has 0 fully saturated rings. The molecule has 2 aromatic rings. The molecule has 0 amide bonds. The van der Waals surface area contributed by atoms with Crippen LogP contribution in [0, 0.1) is 11.8 Å². The third-order valence-electron chi connectivity index (χ3n) is 5.53. The average Bonchev–Trinajstić information content (AvgIpc) is 2.75. The van der Waals surface area contributed by atoms with Crippen molar-refractivity contribution in [3.8, 4) is 5.75 Å². The maximum Gasteiger partial charge on any atom is 0.316 e. The van der Waals surface area contributed by atoms with E-state index in [-0.39, 0.29) is 18.8 Å². The van der Waals surface area contributed by atoms with Crippen LogP contribution in [0.15, 0.2) is 36.4 Å². The van der Waals surface area contributed by atoms with E-state index in [1.807, 2.05) is 50.2 Å².